The minimum atomic E-state index is -1.44. The zero-order valence-corrected chi connectivity index (χ0v) is 9.15. The zero-order valence-electron chi connectivity index (χ0n) is 9.15. The lowest BCUT2D eigenvalue weighted by atomic mass is 9.96. The highest BCUT2D eigenvalue weighted by Crippen LogP contribution is 2.23. The van der Waals surface area contributed by atoms with Crippen LogP contribution >= 0.6 is 0 Å². The van der Waals surface area contributed by atoms with E-state index in [4.69, 9.17) is 9.84 Å². The molecule has 0 spiro atoms. The first-order chi connectivity index (χ1) is 7.40. The Morgan fingerprint density at radius 2 is 1.88 bits per heavy atom. The Hall–Kier alpha value is -0.730. The lowest BCUT2D eigenvalue weighted by molar-refractivity contribution is -0.268. The van der Waals surface area contributed by atoms with Gasteiger partial charge in [-0.05, 0) is 0 Å². The number of hydrogen-bond acceptors (Lipinski definition) is 6. The van der Waals surface area contributed by atoms with Crippen molar-refractivity contribution in [2.45, 2.75) is 37.6 Å². The van der Waals surface area contributed by atoms with Gasteiger partial charge in [0.05, 0.1) is 6.61 Å². The lowest BCUT2D eigenvalue weighted by Gasteiger charge is -2.43. The molecule has 0 aromatic heterocycles. The molecule has 7 heteroatoms. The molecule has 1 aliphatic heterocycles. The number of aliphatic hydroxyl groups is 4. The van der Waals surface area contributed by atoms with Crippen LogP contribution in [0.25, 0.3) is 0 Å². The number of aliphatic hydroxyl groups excluding tert-OH is 4. The summed E-state index contributed by atoms with van der Waals surface area (Å²) in [6.07, 6.45) is -5.21. The third-order valence-corrected chi connectivity index (χ3v) is 2.81. The second-order valence-electron chi connectivity index (χ2n) is 3.85. The third kappa shape index (κ3) is 2.33. The number of nitrogens with zero attached hydrogens (tertiary/aromatic N) is 1. The number of rotatable bonds is 2. The van der Waals surface area contributed by atoms with Gasteiger partial charge in [-0.15, -0.1) is 0 Å². The van der Waals surface area contributed by atoms with Gasteiger partial charge in [0, 0.05) is 14.0 Å². The summed E-state index contributed by atoms with van der Waals surface area (Å²) in [4.78, 5) is 12.2. The Morgan fingerprint density at radius 1 is 1.31 bits per heavy atom. The first-order valence-electron chi connectivity index (χ1n) is 4.94. The van der Waals surface area contributed by atoms with Crippen LogP contribution < -0.4 is 0 Å². The minimum absolute atomic E-state index is 0.374. The van der Waals surface area contributed by atoms with E-state index >= 15 is 0 Å². The smallest absolute Gasteiger partial charge is 0.219 e. The Labute approximate surface area is 92.9 Å². The van der Waals surface area contributed by atoms with E-state index in [1.807, 2.05) is 0 Å². The van der Waals surface area contributed by atoms with Crippen LogP contribution in [0.3, 0.4) is 0 Å². The van der Waals surface area contributed by atoms with Crippen LogP contribution in [-0.2, 0) is 9.53 Å². The first-order valence-corrected chi connectivity index (χ1v) is 4.94. The van der Waals surface area contributed by atoms with E-state index < -0.39 is 37.3 Å². The highest BCUT2D eigenvalue weighted by atomic mass is 16.6. The molecule has 0 aromatic carbocycles. The molecule has 1 fully saturated rings. The standard InChI is InChI=1S/C9H17NO6/c1-4(12)10(2)6-8(14)7(13)5(3-11)16-9(6)15/h5-9,11,13-15H,3H2,1-2H3/t5-,6-,7+,8-,9-/m1/s1. The highest BCUT2D eigenvalue weighted by Gasteiger charge is 2.46. The molecule has 0 saturated carbocycles. The van der Waals surface area contributed by atoms with E-state index in [-0.39, 0.29) is 5.91 Å². The fraction of sp³-hybridized carbons (Fsp3) is 0.889. The number of ether oxygens (including phenoxy) is 1. The van der Waals surface area contributed by atoms with Gasteiger partial charge in [0.25, 0.3) is 0 Å². The summed E-state index contributed by atoms with van der Waals surface area (Å²) in [7, 11) is 1.38. The number of amides is 1. The second kappa shape index (κ2) is 5.07. The fourth-order valence-electron chi connectivity index (χ4n) is 1.71. The summed E-state index contributed by atoms with van der Waals surface area (Å²) in [5.41, 5.74) is 0. The van der Waals surface area contributed by atoms with Crippen molar-refractivity contribution in [2.75, 3.05) is 13.7 Å². The van der Waals surface area contributed by atoms with Crippen LogP contribution in [0.15, 0.2) is 0 Å². The molecular formula is C9H17NO6. The van der Waals surface area contributed by atoms with E-state index in [9.17, 15) is 20.1 Å². The molecular weight excluding hydrogens is 218 g/mol. The maximum absolute atomic E-state index is 11.1. The Balaban J connectivity index is 2.83. The molecule has 94 valence electrons. The minimum Gasteiger partial charge on any atom is -0.394 e. The maximum atomic E-state index is 11.1. The first kappa shape index (κ1) is 13.3. The molecule has 1 aliphatic rings. The van der Waals surface area contributed by atoms with Gasteiger partial charge in [0.2, 0.25) is 5.91 Å². The summed E-state index contributed by atoms with van der Waals surface area (Å²) in [6.45, 7) is 0.746. The van der Waals surface area contributed by atoms with Crippen LogP contribution in [0.2, 0.25) is 0 Å². The van der Waals surface area contributed by atoms with E-state index in [1.165, 1.54) is 14.0 Å². The van der Waals surface area contributed by atoms with Gasteiger partial charge in [-0.2, -0.15) is 0 Å². The monoisotopic (exact) mass is 235 g/mol. The van der Waals surface area contributed by atoms with Crippen molar-refractivity contribution in [3.05, 3.63) is 0 Å². The van der Waals surface area contributed by atoms with Gasteiger partial charge < -0.3 is 30.1 Å². The third-order valence-electron chi connectivity index (χ3n) is 2.81. The summed E-state index contributed by atoms with van der Waals surface area (Å²) in [6, 6.07) is -1.05. The van der Waals surface area contributed by atoms with Crippen molar-refractivity contribution < 1.29 is 30.0 Å². The summed E-state index contributed by atoms with van der Waals surface area (Å²) < 4.78 is 4.90. The molecule has 5 atom stereocenters. The van der Waals surface area contributed by atoms with Crippen molar-refractivity contribution in [2.24, 2.45) is 0 Å². The molecule has 0 aliphatic carbocycles. The molecule has 16 heavy (non-hydrogen) atoms. The number of carbonyl (C=O) groups is 1. The van der Waals surface area contributed by atoms with Crippen LogP contribution in [0.1, 0.15) is 6.92 Å². The number of carbonyl (C=O) groups excluding carboxylic acids is 1. The summed E-state index contributed by atoms with van der Waals surface area (Å²) in [5, 5.41) is 37.7. The number of hydrogen-bond donors (Lipinski definition) is 4. The average molecular weight is 235 g/mol. The van der Waals surface area contributed by atoms with Gasteiger partial charge in [-0.25, -0.2) is 0 Å². The van der Waals surface area contributed by atoms with Gasteiger partial charge in [0.1, 0.15) is 24.4 Å². The maximum Gasteiger partial charge on any atom is 0.219 e. The average Bonchev–Trinajstić information content (AvgIpc) is 2.23. The molecule has 7 nitrogen and oxygen atoms in total. The van der Waals surface area contributed by atoms with Crippen molar-refractivity contribution in [3.8, 4) is 0 Å². The molecule has 4 N–H and O–H groups in total. The Morgan fingerprint density at radius 3 is 2.31 bits per heavy atom. The topological polar surface area (TPSA) is 110 Å². The van der Waals surface area contributed by atoms with Crippen LogP contribution in [0.4, 0.5) is 0 Å². The van der Waals surface area contributed by atoms with Crippen molar-refractivity contribution in [1.82, 2.24) is 4.90 Å². The van der Waals surface area contributed by atoms with E-state index in [0.29, 0.717) is 0 Å². The largest absolute Gasteiger partial charge is 0.394 e. The summed E-state index contributed by atoms with van der Waals surface area (Å²) in [5.74, 6) is -0.374. The van der Waals surface area contributed by atoms with Crippen LogP contribution in [-0.4, -0.2) is 75.5 Å². The molecule has 0 bridgehead atoms. The van der Waals surface area contributed by atoms with Crippen molar-refractivity contribution in [1.29, 1.82) is 0 Å². The molecule has 1 saturated heterocycles. The van der Waals surface area contributed by atoms with Gasteiger partial charge in [0.15, 0.2) is 6.29 Å². The molecule has 0 radical (unpaired) electrons. The van der Waals surface area contributed by atoms with Crippen LogP contribution in [0, 0.1) is 0 Å². The Bertz CT molecular complexity index is 260. The molecule has 0 unspecified atom stereocenters. The van der Waals surface area contributed by atoms with Gasteiger partial charge >= 0.3 is 0 Å². The second-order valence-corrected chi connectivity index (χ2v) is 3.85. The predicted octanol–water partition coefficient (Wildman–Crippen LogP) is -2.74. The van der Waals surface area contributed by atoms with Crippen molar-refractivity contribution in [3.63, 3.8) is 0 Å². The molecule has 1 amide bonds. The van der Waals surface area contributed by atoms with Gasteiger partial charge in [-0.1, -0.05) is 0 Å². The fourth-order valence-corrected chi connectivity index (χ4v) is 1.71. The normalized spacial score (nSPS) is 39.5. The van der Waals surface area contributed by atoms with Crippen LogP contribution in [0.5, 0.6) is 0 Å². The predicted molar refractivity (Wildman–Crippen MR) is 52.2 cm³/mol. The zero-order chi connectivity index (χ0) is 12.5. The van der Waals surface area contributed by atoms with E-state index in [2.05, 4.69) is 0 Å². The summed E-state index contributed by atoms with van der Waals surface area (Å²) >= 11 is 0. The quantitative estimate of drug-likeness (QED) is 0.413. The van der Waals surface area contributed by atoms with Crippen molar-refractivity contribution >= 4 is 5.91 Å². The molecule has 1 rings (SSSR count). The van der Waals surface area contributed by atoms with E-state index in [1.54, 1.807) is 0 Å². The number of likely N-dealkylation sites (N-methyl/N-ethyl adjacent to an activating group) is 1. The molecule has 0 aromatic rings. The lowest BCUT2D eigenvalue weighted by Crippen LogP contribution is -2.64. The van der Waals surface area contributed by atoms with E-state index in [0.717, 1.165) is 4.90 Å². The SMILES string of the molecule is CC(=O)N(C)[C@@H]1[C@@H](O)[C@@H](O)[C@@H](CO)O[C@H]1O. The van der Waals surface area contributed by atoms with Gasteiger partial charge in [-0.3, -0.25) is 4.79 Å². The molecule has 1 heterocycles. The Kier molecular flexibility index (Phi) is 4.22. The highest BCUT2D eigenvalue weighted by molar-refractivity contribution is 5.73.